The van der Waals surface area contributed by atoms with Crippen LogP contribution < -0.4 is 18.9 Å². The molecule has 0 spiro atoms. The van der Waals surface area contributed by atoms with Crippen LogP contribution in [0.4, 0.5) is 5.95 Å². The maximum atomic E-state index is 13.7. The highest BCUT2D eigenvalue weighted by Gasteiger charge is 2.35. The second kappa shape index (κ2) is 12.2. The zero-order chi connectivity index (χ0) is 29.7. The van der Waals surface area contributed by atoms with E-state index in [1.165, 1.54) is 39.9 Å². The highest BCUT2D eigenvalue weighted by Crippen LogP contribution is 2.38. The number of hydrogen-bond donors (Lipinski definition) is 1. The average molecular weight is 580 g/mol. The molecule has 4 aromatic rings. The highest BCUT2D eigenvalue weighted by atomic mass is 32.2. The van der Waals surface area contributed by atoms with Gasteiger partial charge < -0.3 is 18.9 Å². The average Bonchev–Trinajstić information content (AvgIpc) is 3.39. The molecule has 0 aliphatic heterocycles. The van der Waals surface area contributed by atoms with E-state index in [0.717, 1.165) is 5.56 Å². The van der Waals surface area contributed by atoms with Crippen molar-refractivity contribution in [2.24, 2.45) is 0 Å². The van der Waals surface area contributed by atoms with Crippen LogP contribution >= 0.6 is 0 Å². The van der Waals surface area contributed by atoms with Gasteiger partial charge in [-0.05, 0) is 49.7 Å². The maximum Gasteiger partial charge on any atom is 0.243 e. The van der Waals surface area contributed by atoms with E-state index in [-0.39, 0.29) is 23.2 Å². The third-order valence-electron chi connectivity index (χ3n) is 6.33. The molecule has 0 radical (unpaired) electrons. The minimum absolute atomic E-state index is 0.149. The van der Waals surface area contributed by atoms with E-state index in [0.29, 0.717) is 28.5 Å². The first-order valence-electron chi connectivity index (χ1n) is 12.3. The van der Waals surface area contributed by atoms with Crippen molar-refractivity contribution in [1.82, 2.24) is 24.7 Å². The van der Waals surface area contributed by atoms with Gasteiger partial charge in [-0.1, -0.05) is 6.07 Å². The monoisotopic (exact) mass is 579 g/mol. The van der Waals surface area contributed by atoms with Crippen molar-refractivity contribution in [3.8, 4) is 40.4 Å². The fourth-order valence-corrected chi connectivity index (χ4v) is 5.31. The van der Waals surface area contributed by atoms with Gasteiger partial charge in [0.05, 0.1) is 26.9 Å². The Morgan fingerprint density at radius 1 is 0.951 bits per heavy atom. The van der Waals surface area contributed by atoms with Gasteiger partial charge in [-0.15, -0.1) is 10.2 Å². The number of para-hydroxylation sites is 1. The van der Waals surface area contributed by atoms with Gasteiger partial charge in [0.1, 0.15) is 40.4 Å². The molecule has 41 heavy (non-hydrogen) atoms. The van der Waals surface area contributed by atoms with Crippen LogP contribution in [-0.2, 0) is 14.8 Å². The lowest BCUT2D eigenvalue weighted by atomic mass is 10.1. The first kappa shape index (κ1) is 29.2. The van der Waals surface area contributed by atoms with Gasteiger partial charge >= 0.3 is 0 Å². The molecule has 0 aliphatic carbocycles. The van der Waals surface area contributed by atoms with E-state index < -0.39 is 21.4 Å². The predicted molar refractivity (Wildman–Crippen MR) is 150 cm³/mol. The van der Waals surface area contributed by atoms with E-state index in [1.54, 1.807) is 48.8 Å². The van der Waals surface area contributed by atoms with Gasteiger partial charge in [-0.2, -0.15) is 5.26 Å². The molecule has 2 heterocycles. The van der Waals surface area contributed by atoms with Gasteiger partial charge in [0, 0.05) is 25.1 Å². The molecule has 0 fully saturated rings. The minimum Gasteiger partial charge on any atom is -0.495 e. The summed E-state index contributed by atoms with van der Waals surface area (Å²) in [6.45, 7) is 3.31. The van der Waals surface area contributed by atoms with Crippen LogP contribution in [0, 0.1) is 18.3 Å². The third kappa shape index (κ3) is 5.76. The summed E-state index contributed by atoms with van der Waals surface area (Å²) in [6, 6.07) is 12.1. The van der Waals surface area contributed by atoms with Crippen LogP contribution in [-0.4, -0.2) is 66.8 Å². The van der Waals surface area contributed by atoms with Crippen LogP contribution in [0.1, 0.15) is 30.0 Å². The lowest BCUT2D eigenvalue weighted by Gasteiger charge is -2.23. The van der Waals surface area contributed by atoms with Crippen molar-refractivity contribution in [3.63, 3.8) is 0 Å². The predicted octanol–water partition coefficient (Wildman–Crippen LogP) is 3.45. The number of nitrogens with one attached hydrogen (secondary N) is 1. The number of hydrogen-bond acceptors (Lipinski definition) is 11. The Morgan fingerprint density at radius 2 is 1.59 bits per heavy atom. The summed E-state index contributed by atoms with van der Waals surface area (Å²) in [5.41, 5.74) is 1.87. The number of aryl methyl sites for hydroxylation is 1. The third-order valence-corrected chi connectivity index (χ3v) is 8.02. The van der Waals surface area contributed by atoms with Gasteiger partial charge in [-0.25, -0.2) is 18.4 Å². The van der Waals surface area contributed by atoms with E-state index in [9.17, 15) is 13.7 Å². The number of sulfonamides is 1. The summed E-state index contributed by atoms with van der Waals surface area (Å²) in [5, 5.41) is 17.0. The van der Waals surface area contributed by atoms with Crippen molar-refractivity contribution < 1.29 is 27.4 Å². The number of rotatable bonds is 11. The Labute approximate surface area is 237 Å². The highest BCUT2D eigenvalue weighted by molar-refractivity contribution is 7.93. The molecule has 0 saturated carbocycles. The van der Waals surface area contributed by atoms with E-state index >= 15 is 0 Å². The van der Waals surface area contributed by atoms with Crippen LogP contribution in [0.25, 0.3) is 17.1 Å². The molecule has 4 rings (SSSR count). The topological polar surface area (TPSA) is 163 Å². The summed E-state index contributed by atoms with van der Waals surface area (Å²) in [6.07, 6.45) is 2.19. The fraction of sp³-hybridized carbons (Fsp3) is 0.296. The molecule has 2 atom stereocenters. The molecular weight excluding hydrogens is 550 g/mol. The van der Waals surface area contributed by atoms with Crippen LogP contribution in [0.15, 0.2) is 48.8 Å². The Balaban J connectivity index is 1.88. The van der Waals surface area contributed by atoms with Crippen molar-refractivity contribution in [2.45, 2.75) is 25.2 Å². The normalized spacial score (nSPS) is 12.7. The molecule has 2 aromatic heterocycles. The zero-order valence-corrected chi connectivity index (χ0v) is 24.1. The quantitative estimate of drug-likeness (QED) is 0.277. The summed E-state index contributed by atoms with van der Waals surface area (Å²) >= 11 is 0. The van der Waals surface area contributed by atoms with E-state index in [2.05, 4.69) is 31.0 Å². The van der Waals surface area contributed by atoms with Crippen molar-refractivity contribution in [2.75, 3.05) is 33.2 Å². The number of nitriles is 1. The Kier molecular flexibility index (Phi) is 8.70. The molecule has 14 heteroatoms. The standard InChI is InChI=1S/C27H29N7O6S/c1-16-14-29-25(30-15-16)24(40-6)17(2)41(35,36)33-27-32-31-26(18-10-11-20(37-3)19(12-18)13-28)34(27)23-21(38-4)8-7-9-22(23)39-5/h7-12,14-15,17,24H,1-6H3,(H,32,33). The molecule has 2 aromatic carbocycles. The number of anilines is 1. The molecule has 0 saturated heterocycles. The number of methoxy groups -OCH3 is 4. The lowest BCUT2D eigenvalue weighted by Crippen LogP contribution is -2.33. The molecule has 0 aliphatic rings. The maximum absolute atomic E-state index is 13.7. The first-order chi connectivity index (χ1) is 19.7. The van der Waals surface area contributed by atoms with Gasteiger partial charge in [0.15, 0.2) is 11.6 Å². The number of nitrogens with zero attached hydrogens (tertiary/aromatic N) is 6. The van der Waals surface area contributed by atoms with Crippen molar-refractivity contribution >= 4 is 16.0 Å². The van der Waals surface area contributed by atoms with Gasteiger partial charge in [0.2, 0.25) is 16.0 Å². The Hall–Kier alpha value is -4.74. The van der Waals surface area contributed by atoms with Crippen LogP contribution in [0.3, 0.4) is 0 Å². The minimum atomic E-state index is -4.18. The Morgan fingerprint density at radius 3 is 2.15 bits per heavy atom. The molecule has 2 unspecified atom stereocenters. The molecular formula is C27H29N7O6S. The Bertz CT molecular complexity index is 1660. The summed E-state index contributed by atoms with van der Waals surface area (Å²) < 4.78 is 53.4. The zero-order valence-electron chi connectivity index (χ0n) is 23.3. The number of aromatic nitrogens is 5. The van der Waals surface area contributed by atoms with Crippen molar-refractivity contribution in [3.05, 3.63) is 65.7 Å². The molecule has 13 nitrogen and oxygen atoms in total. The number of benzene rings is 2. The van der Waals surface area contributed by atoms with Gasteiger partial charge in [-0.3, -0.25) is 9.29 Å². The van der Waals surface area contributed by atoms with E-state index in [1.807, 2.05) is 6.92 Å². The second-order valence-corrected chi connectivity index (χ2v) is 10.9. The second-order valence-electron chi connectivity index (χ2n) is 8.85. The summed E-state index contributed by atoms with van der Waals surface area (Å²) in [4.78, 5) is 8.49. The molecule has 214 valence electrons. The molecule has 1 N–H and O–H groups in total. The molecule has 0 bridgehead atoms. The smallest absolute Gasteiger partial charge is 0.243 e. The molecule has 0 amide bonds. The lowest BCUT2D eigenvalue weighted by molar-refractivity contribution is 0.0949. The first-order valence-corrected chi connectivity index (χ1v) is 13.8. The SMILES string of the molecule is COc1ccc(-c2nnc(NS(=O)(=O)C(C)C(OC)c3ncc(C)cn3)n2-c2c(OC)cccc2OC)cc1C#N. The number of ether oxygens (including phenoxy) is 4. The van der Waals surface area contributed by atoms with Crippen LogP contribution in [0.2, 0.25) is 0 Å². The largest absolute Gasteiger partial charge is 0.495 e. The van der Waals surface area contributed by atoms with Gasteiger partial charge in [0.25, 0.3) is 0 Å². The van der Waals surface area contributed by atoms with E-state index in [4.69, 9.17) is 18.9 Å². The fourth-order valence-electron chi connectivity index (χ4n) is 4.18. The van der Waals surface area contributed by atoms with Crippen LogP contribution in [0.5, 0.6) is 17.2 Å². The van der Waals surface area contributed by atoms with Crippen molar-refractivity contribution in [1.29, 1.82) is 5.26 Å². The summed E-state index contributed by atoms with van der Waals surface area (Å²) in [5.74, 6) is 1.36. The summed E-state index contributed by atoms with van der Waals surface area (Å²) in [7, 11) is 1.61.